The van der Waals surface area contributed by atoms with Gasteiger partial charge in [-0.25, -0.2) is 13.2 Å². The molecule has 1 aliphatic heterocycles. The van der Waals surface area contributed by atoms with Gasteiger partial charge in [-0.1, -0.05) is 11.6 Å². The van der Waals surface area contributed by atoms with E-state index in [1.165, 1.54) is 4.31 Å². The molecule has 0 spiro atoms. The summed E-state index contributed by atoms with van der Waals surface area (Å²) in [7, 11) is -3.59. The lowest BCUT2D eigenvalue weighted by molar-refractivity contribution is -0.149. The van der Waals surface area contributed by atoms with Crippen LogP contribution in [0.1, 0.15) is 37.3 Å². The molecule has 29 heavy (non-hydrogen) atoms. The summed E-state index contributed by atoms with van der Waals surface area (Å²) in [5.41, 5.74) is 3.68. The van der Waals surface area contributed by atoms with Crippen LogP contribution in [0.4, 0.5) is 0 Å². The topological polar surface area (TPSA) is 84.0 Å². The number of esters is 1. The summed E-state index contributed by atoms with van der Waals surface area (Å²) in [4.78, 5) is 26.3. The summed E-state index contributed by atoms with van der Waals surface area (Å²) in [6.07, 6.45) is 2.55. The number of rotatable bonds is 5. The highest BCUT2D eigenvalue weighted by molar-refractivity contribution is 7.89. The molecule has 0 unspecified atom stereocenters. The predicted molar refractivity (Wildman–Crippen MR) is 109 cm³/mol. The average Bonchev–Trinajstić information content (AvgIpc) is 3.14. The molecule has 0 radical (unpaired) electrons. The van der Waals surface area contributed by atoms with Gasteiger partial charge >= 0.3 is 5.97 Å². The van der Waals surface area contributed by atoms with Gasteiger partial charge in [0.25, 0.3) is 5.91 Å². The molecule has 1 fully saturated rings. The first kappa shape index (κ1) is 21.5. The molecule has 0 aromatic heterocycles. The number of carbonyl (C=O) groups excluding carboxylic acids is 2. The maximum Gasteiger partial charge on any atom is 0.334 e. The van der Waals surface area contributed by atoms with Crippen molar-refractivity contribution >= 4 is 21.9 Å². The standard InChI is InChI=1S/C21H28N2O5S/c1-15-7-8-18(13-17(15)3)29(26,27)23-11-9-22(10-12-23)20(24)14-28-21(25)19-6-4-5-16(19)2/h7-8,13H,4-6,9-12,14H2,1-3H3. The van der Waals surface area contributed by atoms with Gasteiger partial charge in [0.15, 0.2) is 6.61 Å². The van der Waals surface area contributed by atoms with Crippen molar-refractivity contribution in [2.45, 2.75) is 44.9 Å². The van der Waals surface area contributed by atoms with Crippen molar-refractivity contribution in [2.75, 3.05) is 32.8 Å². The van der Waals surface area contributed by atoms with Crippen LogP contribution >= 0.6 is 0 Å². The maximum absolute atomic E-state index is 12.9. The van der Waals surface area contributed by atoms with Gasteiger partial charge in [-0.05, 0) is 63.3 Å². The van der Waals surface area contributed by atoms with Gasteiger partial charge < -0.3 is 9.64 Å². The third-order valence-electron chi connectivity index (χ3n) is 5.77. The van der Waals surface area contributed by atoms with Crippen LogP contribution < -0.4 is 0 Å². The van der Waals surface area contributed by atoms with Crippen molar-refractivity contribution in [3.8, 4) is 0 Å². The highest BCUT2D eigenvalue weighted by atomic mass is 32.2. The average molecular weight is 421 g/mol. The van der Waals surface area contributed by atoms with Crippen molar-refractivity contribution in [3.63, 3.8) is 0 Å². The number of hydrogen-bond acceptors (Lipinski definition) is 5. The predicted octanol–water partition coefficient (Wildman–Crippen LogP) is 2.18. The Morgan fingerprint density at radius 1 is 1.00 bits per heavy atom. The summed E-state index contributed by atoms with van der Waals surface area (Å²) >= 11 is 0. The number of amides is 1. The van der Waals surface area contributed by atoms with Crippen molar-refractivity contribution in [3.05, 3.63) is 40.5 Å². The Morgan fingerprint density at radius 2 is 1.69 bits per heavy atom. The zero-order chi connectivity index (χ0) is 21.2. The van der Waals surface area contributed by atoms with E-state index in [0.29, 0.717) is 12.0 Å². The zero-order valence-electron chi connectivity index (χ0n) is 17.2. The minimum absolute atomic E-state index is 0.221. The molecule has 1 amide bonds. The van der Waals surface area contributed by atoms with Crippen LogP contribution in [0.15, 0.2) is 34.2 Å². The second-order valence-electron chi connectivity index (χ2n) is 7.72. The fourth-order valence-corrected chi connectivity index (χ4v) is 5.19. The number of benzene rings is 1. The molecular formula is C21H28N2O5S. The Kier molecular flexibility index (Phi) is 6.43. The van der Waals surface area contributed by atoms with E-state index in [1.54, 1.807) is 23.1 Å². The molecule has 3 rings (SSSR count). The van der Waals surface area contributed by atoms with E-state index in [-0.39, 0.29) is 43.6 Å². The van der Waals surface area contributed by atoms with Crippen LogP contribution in [-0.4, -0.2) is 62.3 Å². The van der Waals surface area contributed by atoms with Gasteiger partial charge in [0.2, 0.25) is 10.0 Å². The minimum Gasteiger partial charge on any atom is -0.452 e. The molecule has 1 heterocycles. The normalized spacial score (nSPS) is 18.2. The molecule has 1 aromatic carbocycles. The monoisotopic (exact) mass is 420 g/mol. The molecule has 7 nitrogen and oxygen atoms in total. The van der Waals surface area contributed by atoms with Gasteiger partial charge in [0.1, 0.15) is 0 Å². The fraction of sp³-hybridized carbons (Fsp3) is 0.524. The number of allylic oxidation sites excluding steroid dienone is 1. The highest BCUT2D eigenvalue weighted by Gasteiger charge is 2.31. The van der Waals surface area contributed by atoms with Gasteiger partial charge in [0.05, 0.1) is 4.90 Å². The van der Waals surface area contributed by atoms with Crippen LogP contribution in [0, 0.1) is 13.8 Å². The van der Waals surface area contributed by atoms with E-state index in [0.717, 1.165) is 29.5 Å². The summed E-state index contributed by atoms with van der Waals surface area (Å²) in [5, 5.41) is 0. The summed E-state index contributed by atoms with van der Waals surface area (Å²) in [5.74, 6) is -0.706. The van der Waals surface area contributed by atoms with Crippen molar-refractivity contribution in [1.29, 1.82) is 0 Å². The largest absolute Gasteiger partial charge is 0.452 e. The van der Waals surface area contributed by atoms with E-state index >= 15 is 0 Å². The third-order valence-corrected chi connectivity index (χ3v) is 7.67. The first-order chi connectivity index (χ1) is 13.7. The zero-order valence-corrected chi connectivity index (χ0v) is 18.0. The number of sulfonamides is 1. The lowest BCUT2D eigenvalue weighted by atomic mass is 10.1. The van der Waals surface area contributed by atoms with Gasteiger partial charge in [0, 0.05) is 31.8 Å². The first-order valence-electron chi connectivity index (χ1n) is 9.91. The molecule has 0 N–H and O–H groups in total. The number of aryl methyl sites for hydroxylation is 2. The summed E-state index contributed by atoms with van der Waals surface area (Å²) in [6.45, 7) is 6.44. The number of ether oxygens (including phenoxy) is 1. The SMILES string of the molecule is CC1=C(C(=O)OCC(=O)N2CCN(S(=O)(=O)c3ccc(C)c(C)c3)CC2)CCC1. The smallest absolute Gasteiger partial charge is 0.334 e. The second-order valence-corrected chi connectivity index (χ2v) is 9.66. The van der Waals surface area contributed by atoms with Crippen LogP contribution in [0.25, 0.3) is 0 Å². The maximum atomic E-state index is 12.9. The number of nitrogens with zero attached hydrogens (tertiary/aromatic N) is 2. The quantitative estimate of drug-likeness (QED) is 0.682. The molecule has 8 heteroatoms. The molecule has 158 valence electrons. The minimum atomic E-state index is -3.59. The summed E-state index contributed by atoms with van der Waals surface area (Å²) < 4.78 is 32.3. The fourth-order valence-electron chi connectivity index (χ4n) is 3.68. The van der Waals surface area contributed by atoms with Crippen molar-refractivity contribution < 1.29 is 22.7 Å². The van der Waals surface area contributed by atoms with Crippen LogP contribution in [0.2, 0.25) is 0 Å². The Balaban J connectivity index is 1.54. The van der Waals surface area contributed by atoms with E-state index in [2.05, 4.69) is 0 Å². The summed E-state index contributed by atoms with van der Waals surface area (Å²) in [6, 6.07) is 5.10. The Hall–Kier alpha value is -2.19. The van der Waals surface area contributed by atoms with Crippen molar-refractivity contribution in [2.24, 2.45) is 0 Å². The molecule has 2 aliphatic rings. The van der Waals surface area contributed by atoms with Gasteiger partial charge in [-0.15, -0.1) is 0 Å². The van der Waals surface area contributed by atoms with E-state index in [1.807, 2.05) is 20.8 Å². The van der Waals surface area contributed by atoms with Crippen molar-refractivity contribution in [1.82, 2.24) is 9.21 Å². The number of carbonyl (C=O) groups is 2. The molecule has 1 aliphatic carbocycles. The Labute approximate surface area is 172 Å². The van der Waals surface area contributed by atoms with Gasteiger partial charge in [-0.3, -0.25) is 4.79 Å². The molecule has 0 atom stereocenters. The van der Waals surface area contributed by atoms with E-state index in [4.69, 9.17) is 4.74 Å². The first-order valence-corrected chi connectivity index (χ1v) is 11.3. The molecular weight excluding hydrogens is 392 g/mol. The lowest BCUT2D eigenvalue weighted by Crippen LogP contribution is -2.51. The number of piperazine rings is 1. The molecule has 1 saturated heterocycles. The lowest BCUT2D eigenvalue weighted by Gasteiger charge is -2.34. The second kappa shape index (κ2) is 8.67. The van der Waals surface area contributed by atoms with Crippen LogP contribution in [0.3, 0.4) is 0 Å². The van der Waals surface area contributed by atoms with Gasteiger partial charge in [-0.2, -0.15) is 4.31 Å². The van der Waals surface area contributed by atoms with Crippen LogP contribution in [0.5, 0.6) is 0 Å². The van der Waals surface area contributed by atoms with E-state index in [9.17, 15) is 18.0 Å². The molecule has 0 bridgehead atoms. The third kappa shape index (κ3) is 4.70. The van der Waals surface area contributed by atoms with E-state index < -0.39 is 16.0 Å². The Bertz CT molecular complexity index is 944. The number of hydrogen-bond donors (Lipinski definition) is 0. The Morgan fingerprint density at radius 3 is 2.28 bits per heavy atom. The van der Waals surface area contributed by atoms with Crippen LogP contribution in [-0.2, 0) is 24.3 Å². The highest BCUT2D eigenvalue weighted by Crippen LogP contribution is 2.26. The molecule has 1 aromatic rings. The molecule has 0 saturated carbocycles.